The summed E-state index contributed by atoms with van der Waals surface area (Å²) in [6.45, 7) is 6.24. The van der Waals surface area contributed by atoms with Crippen LogP contribution in [0.3, 0.4) is 0 Å². The average Bonchev–Trinajstić information content (AvgIpc) is 3.55. The summed E-state index contributed by atoms with van der Waals surface area (Å²) in [6.07, 6.45) is 14.3. The molecular weight excluding hydrogens is 699 g/mol. The maximum absolute atomic E-state index is 14.0. The number of ether oxygens (including phenoxy) is 2. The fourth-order valence-electron chi connectivity index (χ4n) is 7.78. The van der Waals surface area contributed by atoms with Crippen molar-refractivity contribution in [2.75, 3.05) is 43.1 Å². The lowest BCUT2D eigenvalue weighted by Gasteiger charge is -2.30. The van der Waals surface area contributed by atoms with Gasteiger partial charge in [-0.3, -0.25) is 14.7 Å². The van der Waals surface area contributed by atoms with Gasteiger partial charge in [0, 0.05) is 19.5 Å². The Balaban J connectivity index is 1.12. The summed E-state index contributed by atoms with van der Waals surface area (Å²) in [5, 5.41) is 5.67. The Morgan fingerprint density at radius 3 is 2.34 bits per heavy atom. The third kappa shape index (κ3) is 11.8. The first kappa shape index (κ1) is 40.8. The van der Waals surface area contributed by atoms with Gasteiger partial charge >= 0.3 is 19.8 Å². The number of hydrogen-bond donors (Lipinski definition) is 2. The lowest BCUT2D eigenvalue weighted by Crippen LogP contribution is -2.51. The van der Waals surface area contributed by atoms with Gasteiger partial charge in [-0.2, -0.15) is 0 Å². The number of carbonyl (C=O) groups excluding carboxylic acids is 4. The molecule has 14 heteroatoms. The molecule has 2 aliphatic heterocycles. The summed E-state index contributed by atoms with van der Waals surface area (Å²) in [6, 6.07) is 5.96. The number of nitrogens with zero attached hydrogens (tertiary/aromatic N) is 2. The number of rotatable bonds is 19. The first-order valence-corrected chi connectivity index (χ1v) is 21.5. The van der Waals surface area contributed by atoms with Crippen molar-refractivity contribution in [1.29, 1.82) is 0 Å². The number of benzene rings is 1. The summed E-state index contributed by atoms with van der Waals surface area (Å²) in [4.78, 5) is 55.8. The Hall–Kier alpha value is -3.41. The predicted molar refractivity (Wildman–Crippen MR) is 203 cm³/mol. The van der Waals surface area contributed by atoms with Crippen molar-refractivity contribution in [3.63, 3.8) is 0 Å². The highest BCUT2D eigenvalue weighted by molar-refractivity contribution is 7.55. The van der Waals surface area contributed by atoms with Gasteiger partial charge in [0.1, 0.15) is 24.5 Å². The molecule has 0 aromatic heterocycles. The molecule has 2 saturated heterocycles. The fraction of sp³-hybridized carbons (Fsp3) is 0.692. The van der Waals surface area contributed by atoms with E-state index in [1.807, 2.05) is 38.1 Å². The summed E-state index contributed by atoms with van der Waals surface area (Å²) >= 11 is 0. The Labute approximate surface area is 314 Å². The van der Waals surface area contributed by atoms with Gasteiger partial charge in [-0.25, -0.2) is 9.59 Å². The number of anilines is 2. The van der Waals surface area contributed by atoms with E-state index in [-0.39, 0.29) is 36.6 Å². The Morgan fingerprint density at radius 1 is 0.906 bits per heavy atom. The van der Waals surface area contributed by atoms with Crippen LogP contribution in [0.2, 0.25) is 0 Å². The number of hydrogen-bond acceptors (Lipinski definition) is 10. The van der Waals surface area contributed by atoms with E-state index in [1.54, 1.807) is 0 Å². The molecule has 3 amide bonds. The van der Waals surface area contributed by atoms with Gasteiger partial charge in [-0.15, -0.1) is 0 Å². The highest BCUT2D eigenvalue weighted by atomic mass is 31.2. The van der Waals surface area contributed by atoms with Gasteiger partial charge in [-0.05, 0) is 103 Å². The van der Waals surface area contributed by atoms with Crippen molar-refractivity contribution in [3.05, 3.63) is 36.4 Å². The second-order valence-electron chi connectivity index (χ2n) is 14.6. The normalized spacial score (nSPS) is 23.9. The monoisotopic (exact) mass is 758 g/mol. The molecule has 1 aromatic carbocycles. The van der Waals surface area contributed by atoms with Crippen LogP contribution in [0.5, 0.6) is 0 Å². The maximum Gasteiger partial charge on any atom is 0.412 e. The molecule has 1 aromatic rings. The zero-order valence-corrected chi connectivity index (χ0v) is 32.4. The molecule has 5 atom stereocenters. The minimum atomic E-state index is -3.08. The van der Waals surface area contributed by atoms with Crippen molar-refractivity contribution >= 4 is 43.4 Å². The molecule has 294 valence electrons. The summed E-state index contributed by atoms with van der Waals surface area (Å²) in [5.41, 5.74) is 1.51. The van der Waals surface area contributed by atoms with Crippen LogP contribution in [0.25, 0.3) is 0 Å². The van der Waals surface area contributed by atoms with Gasteiger partial charge < -0.3 is 38.4 Å². The van der Waals surface area contributed by atoms with Gasteiger partial charge in [0.05, 0.1) is 42.8 Å². The van der Waals surface area contributed by atoms with Crippen LogP contribution < -0.4 is 15.5 Å². The number of para-hydroxylation sites is 2. The molecule has 13 nitrogen and oxygen atoms in total. The SMILES string of the molecule is CCOP(=O)(OCC)[C@H]1C[C@H]1/C=C\CCCCC[C@H](NC(=O)OC1CCCC1)C(=O)N1C[C@H](OC(=O)Nc2ccccc2N2CCCCC2)C[C@H]1C=O. The zero-order chi connectivity index (χ0) is 37.6. The maximum atomic E-state index is 14.0. The van der Waals surface area contributed by atoms with Crippen molar-refractivity contribution in [1.82, 2.24) is 10.2 Å². The van der Waals surface area contributed by atoms with E-state index in [2.05, 4.69) is 27.7 Å². The zero-order valence-electron chi connectivity index (χ0n) is 31.5. The number of allylic oxidation sites excluding steroid dienone is 2. The topological polar surface area (TPSA) is 153 Å². The number of unbranched alkanes of at least 4 members (excludes halogenated alkanes) is 3. The van der Waals surface area contributed by atoms with Crippen LogP contribution in [0, 0.1) is 5.92 Å². The van der Waals surface area contributed by atoms with E-state index < -0.39 is 38.0 Å². The minimum Gasteiger partial charge on any atom is -0.446 e. The van der Waals surface area contributed by atoms with Crippen molar-refractivity contribution in [2.24, 2.45) is 5.92 Å². The Morgan fingerprint density at radius 2 is 1.62 bits per heavy atom. The standard InChI is InChI=1S/C39H59N4O9P/c1-3-49-53(48,50-4-2)36-25-29(36)17-9-6-5-7-10-21-34(41-39(47)51-31-18-11-12-19-31)37(45)43-27-32(26-30(43)28-44)52-38(46)40-33-20-13-14-22-35(33)42-23-15-8-16-24-42/h9,13-14,17,20,22,28-32,34,36H,3-8,10-12,15-16,18-19,21,23-27H2,1-2H3,(H,40,46)(H,41,47)/b17-9-/t29-,30+,32-,34+,36+/m1/s1. The molecule has 4 aliphatic rings. The Kier molecular flexibility index (Phi) is 15.6. The third-order valence-corrected chi connectivity index (χ3v) is 13.2. The smallest absolute Gasteiger partial charge is 0.412 e. The molecule has 4 fully saturated rings. The molecule has 0 unspecified atom stereocenters. The molecule has 5 rings (SSSR count). The average molecular weight is 759 g/mol. The number of likely N-dealkylation sites (tertiary alicyclic amines) is 1. The van der Waals surface area contributed by atoms with Crippen molar-refractivity contribution < 1.29 is 42.3 Å². The third-order valence-electron chi connectivity index (χ3n) is 10.6. The van der Waals surface area contributed by atoms with Gasteiger partial charge in [0.2, 0.25) is 5.91 Å². The summed E-state index contributed by atoms with van der Waals surface area (Å²) < 4.78 is 35.4. The number of carbonyl (C=O) groups is 4. The quantitative estimate of drug-likeness (QED) is 0.0625. The molecule has 2 saturated carbocycles. The number of amides is 3. The van der Waals surface area contributed by atoms with Crippen LogP contribution in [0.15, 0.2) is 36.4 Å². The second-order valence-corrected chi connectivity index (χ2v) is 16.8. The number of piperidine rings is 1. The molecule has 2 aliphatic carbocycles. The molecule has 53 heavy (non-hydrogen) atoms. The fourth-order valence-corrected chi connectivity index (χ4v) is 10.0. The van der Waals surface area contributed by atoms with E-state index in [4.69, 9.17) is 18.5 Å². The largest absolute Gasteiger partial charge is 0.446 e. The number of aldehydes is 1. The van der Waals surface area contributed by atoms with E-state index in [1.165, 1.54) is 11.3 Å². The van der Waals surface area contributed by atoms with Crippen LogP contribution >= 0.6 is 7.60 Å². The number of alkyl carbamates (subject to hydrolysis) is 1. The molecular formula is C39H59N4O9P. The highest BCUT2D eigenvalue weighted by Gasteiger charge is 2.51. The molecule has 0 radical (unpaired) electrons. The van der Waals surface area contributed by atoms with Crippen molar-refractivity contribution in [3.8, 4) is 0 Å². The van der Waals surface area contributed by atoms with Crippen LogP contribution in [0.4, 0.5) is 21.0 Å². The predicted octanol–water partition coefficient (Wildman–Crippen LogP) is 7.59. The van der Waals surface area contributed by atoms with Crippen LogP contribution in [-0.4, -0.2) is 92.1 Å². The van der Waals surface area contributed by atoms with Crippen LogP contribution in [-0.2, 0) is 32.7 Å². The molecule has 0 spiro atoms. The van der Waals surface area contributed by atoms with Crippen LogP contribution in [0.1, 0.15) is 104 Å². The van der Waals surface area contributed by atoms with E-state index in [0.717, 1.165) is 83.0 Å². The molecule has 0 bridgehead atoms. The molecule has 2 heterocycles. The van der Waals surface area contributed by atoms with Crippen molar-refractivity contribution in [2.45, 2.75) is 134 Å². The van der Waals surface area contributed by atoms with Gasteiger partial charge in [-0.1, -0.05) is 37.1 Å². The van der Waals surface area contributed by atoms with E-state index >= 15 is 0 Å². The lowest BCUT2D eigenvalue weighted by molar-refractivity contribution is -0.136. The first-order valence-electron chi connectivity index (χ1n) is 19.8. The van der Waals surface area contributed by atoms with Gasteiger partial charge in [0.25, 0.3) is 0 Å². The van der Waals surface area contributed by atoms with E-state index in [0.29, 0.717) is 38.0 Å². The van der Waals surface area contributed by atoms with E-state index in [9.17, 15) is 23.7 Å². The van der Waals surface area contributed by atoms with Gasteiger partial charge in [0.15, 0.2) is 0 Å². The first-order chi connectivity index (χ1) is 25.7. The summed E-state index contributed by atoms with van der Waals surface area (Å²) in [5.74, 6) is -0.198. The minimum absolute atomic E-state index is 0.0474. The second kappa shape index (κ2) is 20.3. The molecule has 2 N–H and O–H groups in total. The number of nitrogens with one attached hydrogen (secondary N) is 2. The lowest BCUT2D eigenvalue weighted by atomic mass is 10.1. The summed E-state index contributed by atoms with van der Waals surface area (Å²) in [7, 11) is -3.08. The Bertz CT molecular complexity index is 1440. The highest BCUT2D eigenvalue weighted by Crippen LogP contribution is 2.65.